The summed E-state index contributed by atoms with van der Waals surface area (Å²) in [5, 5.41) is 3.40. The monoisotopic (exact) mass is 398 g/mol. The van der Waals surface area contributed by atoms with Gasteiger partial charge in [0.15, 0.2) is 5.96 Å². The predicted molar refractivity (Wildman–Crippen MR) is 115 cm³/mol. The molecule has 0 radical (unpaired) electrons. The maximum atomic E-state index is 12.4. The number of nitrogens with zero attached hydrogens (tertiary/aromatic N) is 3. The molecule has 1 aliphatic rings. The highest BCUT2D eigenvalue weighted by Gasteiger charge is 2.27. The molecule has 0 unspecified atom stereocenters. The second-order valence-electron chi connectivity index (χ2n) is 9.08. The van der Waals surface area contributed by atoms with Gasteiger partial charge in [0.05, 0.1) is 12.1 Å². The maximum Gasteiger partial charge on any atom is 0.410 e. The van der Waals surface area contributed by atoms with Crippen LogP contribution >= 0.6 is 0 Å². The van der Waals surface area contributed by atoms with Crippen LogP contribution in [0.15, 0.2) is 4.99 Å². The van der Waals surface area contributed by atoms with Crippen LogP contribution in [0.25, 0.3) is 0 Å². The van der Waals surface area contributed by atoms with Crippen LogP contribution in [-0.4, -0.2) is 79.4 Å². The summed E-state index contributed by atoms with van der Waals surface area (Å²) in [4.78, 5) is 21.3. The van der Waals surface area contributed by atoms with Gasteiger partial charge in [-0.15, -0.1) is 0 Å². The minimum absolute atomic E-state index is 0.214. The molecule has 1 fully saturated rings. The molecule has 1 aliphatic heterocycles. The molecule has 1 heterocycles. The number of nitrogens with one attached hydrogen (secondary N) is 1. The summed E-state index contributed by atoms with van der Waals surface area (Å²) >= 11 is 0. The Morgan fingerprint density at radius 2 is 1.79 bits per heavy atom. The van der Waals surface area contributed by atoms with Crippen molar-refractivity contribution < 1.29 is 14.3 Å². The lowest BCUT2D eigenvalue weighted by Crippen LogP contribution is -2.48. The Morgan fingerprint density at radius 1 is 1.18 bits per heavy atom. The summed E-state index contributed by atoms with van der Waals surface area (Å²) in [6, 6.07) is 0. The molecule has 1 rings (SSSR count). The van der Waals surface area contributed by atoms with E-state index < -0.39 is 5.60 Å². The maximum absolute atomic E-state index is 12.4. The van der Waals surface area contributed by atoms with E-state index in [-0.39, 0.29) is 11.7 Å². The largest absolute Gasteiger partial charge is 0.444 e. The van der Waals surface area contributed by atoms with E-state index in [0.29, 0.717) is 19.0 Å². The zero-order chi connectivity index (χ0) is 21.4. The van der Waals surface area contributed by atoms with E-state index in [1.807, 2.05) is 46.4 Å². The minimum atomic E-state index is -0.457. The standard InChI is InChI=1S/C21H42N4O3/c1-9-22-18(23-16-21(6,7)27-8)25-13-11-17(12-14-25)15-24(10-2)19(26)28-20(3,4)5/h17H,9-16H2,1-8H3,(H,22,23). The van der Waals surface area contributed by atoms with Crippen LogP contribution in [0.4, 0.5) is 4.79 Å². The van der Waals surface area contributed by atoms with Gasteiger partial charge in [-0.05, 0) is 67.2 Å². The van der Waals surface area contributed by atoms with Gasteiger partial charge in [0.1, 0.15) is 5.60 Å². The van der Waals surface area contributed by atoms with Crippen molar-refractivity contribution >= 4 is 12.1 Å². The van der Waals surface area contributed by atoms with Gasteiger partial charge in [-0.2, -0.15) is 0 Å². The first-order valence-electron chi connectivity index (χ1n) is 10.6. The fourth-order valence-electron chi connectivity index (χ4n) is 3.05. The second kappa shape index (κ2) is 10.9. The summed E-state index contributed by atoms with van der Waals surface area (Å²) < 4.78 is 11.0. The topological polar surface area (TPSA) is 66.4 Å². The summed E-state index contributed by atoms with van der Waals surface area (Å²) in [7, 11) is 1.72. The van der Waals surface area contributed by atoms with Crippen molar-refractivity contribution in [3.05, 3.63) is 0 Å². The second-order valence-corrected chi connectivity index (χ2v) is 9.08. The number of carbonyl (C=O) groups excluding carboxylic acids is 1. The molecule has 0 spiro atoms. The highest BCUT2D eigenvalue weighted by Crippen LogP contribution is 2.20. The van der Waals surface area contributed by atoms with Crippen molar-refractivity contribution in [2.75, 3.05) is 46.4 Å². The Hall–Kier alpha value is -1.50. The number of piperidine rings is 1. The number of ether oxygens (including phenoxy) is 2. The average Bonchev–Trinajstić information content (AvgIpc) is 2.62. The molecular weight excluding hydrogens is 356 g/mol. The molecule has 0 bridgehead atoms. The molecule has 0 atom stereocenters. The number of rotatable bonds is 7. The first-order valence-corrected chi connectivity index (χ1v) is 10.6. The van der Waals surface area contributed by atoms with Crippen LogP contribution in [0, 0.1) is 5.92 Å². The molecule has 0 saturated carbocycles. The molecule has 0 aromatic rings. The van der Waals surface area contributed by atoms with Gasteiger partial charge in [0.25, 0.3) is 0 Å². The molecule has 28 heavy (non-hydrogen) atoms. The number of aliphatic imine (C=N–C) groups is 1. The van der Waals surface area contributed by atoms with Crippen molar-refractivity contribution in [1.82, 2.24) is 15.1 Å². The van der Waals surface area contributed by atoms with Crippen molar-refractivity contribution in [3.63, 3.8) is 0 Å². The number of likely N-dealkylation sites (tertiary alicyclic amines) is 1. The van der Waals surface area contributed by atoms with Crippen LogP contribution in [0.5, 0.6) is 0 Å². The number of methoxy groups -OCH3 is 1. The van der Waals surface area contributed by atoms with E-state index in [4.69, 9.17) is 14.5 Å². The van der Waals surface area contributed by atoms with E-state index in [2.05, 4.69) is 17.1 Å². The van der Waals surface area contributed by atoms with Gasteiger partial charge in [0, 0.05) is 39.8 Å². The van der Waals surface area contributed by atoms with Crippen LogP contribution in [-0.2, 0) is 9.47 Å². The van der Waals surface area contributed by atoms with Crippen molar-refractivity contribution in [1.29, 1.82) is 0 Å². The van der Waals surface area contributed by atoms with E-state index in [1.54, 1.807) is 7.11 Å². The quantitative estimate of drug-likeness (QED) is 0.526. The Labute approximate surface area is 171 Å². The van der Waals surface area contributed by atoms with E-state index in [9.17, 15) is 4.79 Å². The average molecular weight is 399 g/mol. The van der Waals surface area contributed by atoms with Gasteiger partial charge >= 0.3 is 6.09 Å². The third-order valence-corrected chi connectivity index (χ3v) is 4.92. The van der Waals surface area contributed by atoms with Crippen LogP contribution in [0.2, 0.25) is 0 Å². The van der Waals surface area contributed by atoms with Crippen molar-refractivity contribution in [3.8, 4) is 0 Å². The lowest BCUT2D eigenvalue weighted by Gasteiger charge is -2.37. The molecule has 7 nitrogen and oxygen atoms in total. The highest BCUT2D eigenvalue weighted by molar-refractivity contribution is 5.80. The van der Waals surface area contributed by atoms with Crippen LogP contribution in [0.3, 0.4) is 0 Å². The predicted octanol–water partition coefficient (Wildman–Crippen LogP) is 3.35. The summed E-state index contributed by atoms with van der Waals surface area (Å²) in [6.07, 6.45) is 1.86. The van der Waals surface area contributed by atoms with Gasteiger partial charge in [0.2, 0.25) is 0 Å². The third-order valence-electron chi connectivity index (χ3n) is 4.92. The number of hydrogen-bond donors (Lipinski definition) is 1. The zero-order valence-electron chi connectivity index (χ0n) is 19.3. The molecule has 1 amide bonds. The number of hydrogen-bond acceptors (Lipinski definition) is 4. The molecular formula is C21H42N4O3. The summed E-state index contributed by atoms with van der Waals surface area (Å²) in [5.41, 5.74) is -0.727. The van der Waals surface area contributed by atoms with Crippen LogP contribution < -0.4 is 5.32 Å². The Balaban J connectivity index is 2.61. The first-order chi connectivity index (χ1) is 13.0. The van der Waals surface area contributed by atoms with E-state index in [1.165, 1.54) is 0 Å². The molecule has 7 heteroatoms. The summed E-state index contributed by atoms with van der Waals surface area (Å²) in [5.74, 6) is 1.44. The van der Waals surface area contributed by atoms with Crippen molar-refractivity contribution in [2.24, 2.45) is 10.9 Å². The molecule has 0 aromatic heterocycles. The number of amides is 1. The van der Waals surface area contributed by atoms with Gasteiger partial charge in [-0.1, -0.05) is 0 Å². The number of guanidine groups is 1. The molecule has 164 valence electrons. The molecule has 1 saturated heterocycles. The fraction of sp³-hybridized carbons (Fsp3) is 0.905. The Bertz CT molecular complexity index is 506. The fourth-order valence-corrected chi connectivity index (χ4v) is 3.05. The van der Waals surface area contributed by atoms with E-state index >= 15 is 0 Å². The molecule has 0 aromatic carbocycles. The van der Waals surface area contributed by atoms with Gasteiger partial charge < -0.3 is 24.6 Å². The molecule has 0 aliphatic carbocycles. The van der Waals surface area contributed by atoms with E-state index in [0.717, 1.165) is 45.0 Å². The lowest BCUT2D eigenvalue weighted by atomic mass is 9.96. The normalized spacial score (nSPS) is 16.9. The van der Waals surface area contributed by atoms with Crippen molar-refractivity contribution in [2.45, 2.75) is 72.5 Å². The Kier molecular flexibility index (Phi) is 9.54. The number of carbonyl (C=O) groups is 1. The van der Waals surface area contributed by atoms with Gasteiger partial charge in [-0.3, -0.25) is 4.99 Å². The smallest absolute Gasteiger partial charge is 0.410 e. The highest BCUT2D eigenvalue weighted by atomic mass is 16.6. The minimum Gasteiger partial charge on any atom is -0.444 e. The van der Waals surface area contributed by atoms with Crippen LogP contribution in [0.1, 0.15) is 61.3 Å². The Morgan fingerprint density at radius 3 is 2.25 bits per heavy atom. The molecule has 1 N–H and O–H groups in total. The first kappa shape index (κ1) is 24.5. The lowest BCUT2D eigenvalue weighted by molar-refractivity contribution is 0.0214. The third kappa shape index (κ3) is 8.67. The van der Waals surface area contributed by atoms with Gasteiger partial charge in [-0.25, -0.2) is 4.79 Å². The SMILES string of the molecule is CCNC(=NCC(C)(C)OC)N1CCC(CN(CC)C(=O)OC(C)(C)C)CC1. The summed E-state index contributed by atoms with van der Waals surface area (Å²) in [6.45, 7) is 18.7. The zero-order valence-corrected chi connectivity index (χ0v) is 19.3.